The number of aliphatic hydroxyl groups is 1. The fourth-order valence-corrected chi connectivity index (χ4v) is 13.7. The molecule has 98 heavy (non-hydrogen) atoms. The van der Waals surface area contributed by atoms with Crippen LogP contribution in [0.5, 0.6) is 0 Å². The van der Waals surface area contributed by atoms with Crippen molar-refractivity contribution in [1.29, 1.82) is 0 Å². The van der Waals surface area contributed by atoms with E-state index in [1.807, 2.05) is 0 Å². The normalized spacial score (nSPS) is 14.2. The molecule has 3 unspecified atom stereocenters. The molecule has 0 rings (SSSR count). The molecule has 0 fully saturated rings. The Hall–Kier alpha value is -1.94. The van der Waals surface area contributed by atoms with Crippen LogP contribution < -0.4 is 0 Å². The van der Waals surface area contributed by atoms with Gasteiger partial charge in [0.05, 0.1) is 26.4 Å². The fraction of sp³-hybridized carbons (Fsp3) is 0.949. The fourth-order valence-electron chi connectivity index (χ4n) is 12.2. The van der Waals surface area contributed by atoms with Crippen LogP contribution in [0.1, 0.15) is 414 Å². The number of carbonyl (C=O) groups excluding carboxylic acids is 4. The molecule has 0 aromatic heterocycles. The van der Waals surface area contributed by atoms with Gasteiger partial charge >= 0.3 is 39.5 Å². The number of esters is 4. The topological polar surface area (TPSA) is 237 Å². The predicted octanol–water partition coefficient (Wildman–Crippen LogP) is 23.5. The lowest BCUT2D eigenvalue weighted by Crippen LogP contribution is -2.30. The molecule has 0 spiro atoms. The first-order valence-corrected chi connectivity index (χ1v) is 44.0. The van der Waals surface area contributed by atoms with Crippen molar-refractivity contribution in [1.82, 2.24) is 0 Å². The van der Waals surface area contributed by atoms with Gasteiger partial charge in [-0.3, -0.25) is 37.3 Å². The molecule has 0 aliphatic rings. The van der Waals surface area contributed by atoms with Gasteiger partial charge in [-0.25, -0.2) is 9.13 Å². The van der Waals surface area contributed by atoms with Crippen molar-refractivity contribution in [3.8, 4) is 0 Å². The smallest absolute Gasteiger partial charge is 0.462 e. The first kappa shape index (κ1) is 96.1. The second-order valence-corrected chi connectivity index (χ2v) is 32.1. The molecule has 0 aliphatic carbocycles. The van der Waals surface area contributed by atoms with Crippen molar-refractivity contribution in [3.05, 3.63) is 0 Å². The van der Waals surface area contributed by atoms with Crippen LogP contribution in [0.25, 0.3) is 0 Å². The van der Waals surface area contributed by atoms with Crippen LogP contribution >= 0.6 is 15.6 Å². The highest BCUT2D eigenvalue weighted by molar-refractivity contribution is 7.47. The molecule has 0 aromatic carbocycles. The zero-order valence-electron chi connectivity index (χ0n) is 64.1. The molecule has 0 saturated carbocycles. The molecule has 0 heterocycles. The quantitative estimate of drug-likeness (QED) is 0.0222. The average Bonchev–Trinajstić information content (AvgIpc) is 0.953. The lowest BCUT2D eigenvalue weighted by Gasteiger charge is -2.21. The molecule has 0 aromatic rings. The highest BCUT2D eigenvalue weighted by Crippen LogP contribution is 2.45. The van der Waals surface area contributed by atoms with Crippen LogP contribution in [0, 0.1) is 11.8 Å². The van der Waals surface area contributed by atoms with Gasteiger partial charge in [-0.2, -0.15) is 0 Å². The summed E-state index contributed by atoms with van der Waals surface area (Å²) in [6.45, 7) is 9.67. The zero-order valence-corrected chi connectivity index (χ0v) is 65.9. The number of unbranched alkanes of at least 4 members (excludes halogenated alkanes) is 47. The van der Waals surface area contributed by atoms with Gasteiger partial charge in [0, 0.05) is 25.7 Å². The molecule has 19 heteroatoms. The van der Waals surface area contributed by atoms with Crippen molar-refractivity contribution in [3.63, 3.8) is 0 Å². The predicted molar refractivity (Wildman–Crippen MR) is 400 cm³/mol. The monoisotopic (exact) mass is 1440 g/mol. The second kappa shape index (κ2) is 70.7. The van der Waals surface area contributed by atoms with Gasteiger partial charge in [-0.05, 0) is 37.5 Å². The number of phosphoric acid groups is 2. The van der Waals surface area contributed by atoms with E-state index in [-0.39, 0.29) is 25.7 Å². The van der Waals surface area contributed by atoms with E-state index in [0.717, 1.165) is 102 Å². The Morgan fingerprint density at radius 1 is 0.296 bits per heavy atom. The summed E-state index contributed by atoms with van der Waals surface area (Å²) in [6.07, 6.45) is 59.4. The summed E-state index contributed by atoms with van der Waals surface area (Å²) in [4.78, 5) is 73.0. The Kier molecular flexibility index (Phi) is 69.3. The van der Waals surface area contributed by atoms with Crippen molar-refractivity contribution in [2.45, 2.75) is 432 Å². The van der Waals surface area contributed by atoms with Crippen molar-refractivity contribution >= 4 is 39.5 Å². The average molecular weight is 1440 g/mol. The second-order valence-electron chi connectivity index (χ2n) is 29.2. The zero-order chi connectivity index (χ0) is 72.1. The molecule has 582 valence electrons. The highest BCUT2D eigenvalue weighted by Gasteiger charge is 2.30. The van der Waals surface area contributed by atoms with Gasteiger partial charge in [-0.1, -0.05) is 363 Å². The van der Waals surface area contributed by atoms with E-state index in [2.05, 4.69) is 41.5 Å². The third-order valence-corrected chi connectivity index (χ3v) is 20.7. The third-order valence-electron chi connectivity index (χ3n) is 18.8. The van der Waals surface area contributed by atoms with Crippen LogP contribution in [0.15, 0.2) is 0 Å². The summed E-state index contributed by atoms with van der Waals surface area (Å²) in [5, 5.41) is 10.6. The van der Waals surface area contributed by atoms with Crippen LogP contribution in [0.2, 0.25) is 0 Å². The number of carbonyl (C=O) groups is 4. The number of hydrogen-bond donors (Lipinski definition) is 3. The summed E-state index contributed by atoms with van der Waals surface area (Å²) < 4.78 is 68.7. The van der Waals surface area contributed by atoms with Gasteiger partial charge in [-0.15, -0.1) is 0 Å². The molecular formula is C79H154O17P2. The maximum Gasteiger partial charge on any atom is 0.472 e. The molecule has 6 atom stereocenters. The first-order valence-electron chi connectivity index (χ1n) is 41.0. The maximum absolute atomic E-state index is 13.1. The number of hydrogen-bond acceptors (Lipinski definition) is 15. The standard InChI is InChI=1S/C79H154O17P2/c1-7-10-12-14-16-18-20-21-22-23-24-27-32-39-45-51-57-63-78(83)95-74(68-90-77(82)62-56-50-44-38-31-28-25-26-30-35-41-47-53-59-71(4)5)69-93-97(85,86)91-65-73(80)66-92-98(87,88)94-70-75(67-89-76(81)61-55-49-43-37-29-19-17-15-13-11-8-2)96-79(84)64-58-52-46-40-34-33-36-42-48-54-60-72(6)9-3/h71-75,80H,7-70H2,1-6H3,(H,85,86)(H,87,88)/t72?,73-,74-,75-/m1/s1. The van der Waals surface area contributed by atoms with Crippen molar-refractivity contribution in [2.75, 3.05) is 39.6 Å². The molecule has 0 saturated heterocycles. The third kappa shape index (κ3) is 71.1. The first-order chi connectivity index (χ1) is 47.4. The van der Waals surface area contributed by atoms with Gasteiger partial charge in [0.15, 0.2) is 12.2 Å². The molecule has 0 aliphatic heterocycles. The van der Waals surface area contributed by atoms with Crippen molar-refractivity contribution < 1.29 is 80.2 Å². The van der Waals surface area contributed by atoms with Crippen LogP contribution in [0.4, 0.5) is 0 Å². The summed E-state index contributed by atoms with van der Waals surface area (Å²) in [7, 11) is -9.92. The van der Waals surface area contributed by atoms with Gasteiger partial charge in [0.2, 0.25) is 0 Å². The van der Waals surface area contributed by atoms with Gasteiger partial charge in [0.25, 0.3) is 0 Å². The van der Waals surface area contributed by atoms with Crippen LogP contribution in [-0.4, -0.2) is 96.7 Å². The van der Waals surface area contributed by atoms with E-state index in [0.29, 0.717) is 25.7 Å². The minimum Gasteiger partial charge on any atom is -0.462 e. The summed E-state index contributed by atoms with van der Waals surface area (Å²) in [5.74, 6) is -0.515. The SMILES string of the molecule is CCCCCCCCCCCCCCCCCCCC(=O)O[C@H](COC(=O)CCCCCCCCCCCCCCCC(C)C)COP(=O)(O)OC[C@@H](O)COP(=O)(O)OC[C@@H](COC(=O)CCCCCCCCCCCCC)OC(=O)CCCCCCCCCCCCC(C)CC. The lowest BCUT2D eigenvalue weighted by atomic mass is 9.99. The Morgan fingerprint density at radius 2 is 0.520 bits per heavy atom. The Bertz CT molecular complexity index is 1890. The van der Waals surface area contributed by atoms with Crippen molar-refractivity contribution in [2.24, 2.45) is 11.8 Å². The number of ether oxygens (including phenoxy) is 4. The highest BCUT2D eigenvalue weighted by atomic mass is 31.2. The maximum atomic E-state index is 13.1. The Labute approximate surface area is 600 Å². The van der Waals surface area contributed by atoms with Gasteiger partial charge < -0.3 is 33.8 Å². The van der Waals surface area contributed by atoms with E-state index in [1.165, 1.54) is 231 Å². The summed E-state index contributed by atoms with van der Waals surface area (Å²) >= 11 is 0. The van der Waals surface area contributed by atoms with E-state index < -0.39 is 97.5 Å². The van der Waals surface area contributed by atoms with Gasteiger partial charge in [0.1, 0.15) is 19.3 Å². The lowest BCUT2D eigenvalue weighted by molar-refractivity contribution is -0.161. The van der Waals surface area contributed by atoms with Crippen LogP contribution in [-0.2, 0) is 65.4 Å². The molecule has 0 radical (unpaired) electrons. The number of rotatable bonds is 78. The van der Waals surface area contributed by atoms with E-state index in [1.54, 1.807) is 0 Å². The van der Waals surface area contributed by atoms with E-state index in [4.69, 9.17) is 37.0 Å². The number of phosphoric ester groups is 2. The van der Waals surface area contributed by atoms with Crippen LogP contribution in [0.3, 0.4) is 0 Å². The Balaban J connectivity index is 5.26. The molecule has 0 bridgehead atoms. The number of aliphatic hydroxyl groups excluding tert-OH is 1. The minimum atomic E-state index is -4.96. The van der Waals surface area contributed by atoms with E-state index in [9.17, 15) is 43.2 Å². The molecule has 3 N–H and O–H groups in total. The molecular weight excluding hydrogens is 1280 g/mol. The largest absolute Gasteiger partial charge is 0.472 e. The molecule has 0 amide bonds. The Morgan fingerprint density at radius 3 is 0.776 bits per heavy atom. The summed E-state index contributed by atoms with van der Waals surface area (Å²) in [5.41, 5.74) is 0. The summed E-state index contributed by atoms with van der Waals surface area (Å²) in [6, 6.07) is 0. The minimum absolute atomic E-state index is 0.107. The molecule has 17 nitrogen and oxygen atoms in total. The van der Waals surface area contributed by atoms with E-state index >= 15 is 0 Å².